The van der Waals surface area contributed by atoms with Crippen LogP contribution in [0.25, 0.3) is 22.6 Å². The summed E-state index contributed by atoms with van der Waals surface area (Å²) < 4.78 is 17.8. The van der Waals surface area contributed by atoms with Crippen LogP contribution in [0.5, 0.6) is 0 Å². The van der Waals surface area contributed by atoms with Gasteiger partial charge in [-0.1, -0.05) is 0 Å². The zero-order valence-electron chi connectivity index (χ0n) is 17.6. The molecule has 4 aromatic heterocycles. The smallest absolute Gasteiger partial charge is 0.249 e. The molecule has 4 aromatic rings. The third-order valence-electron chi connectivity index (χ3n) is 5.64. The molecule has 5 heterocycles. The zero-order chi connectivity index (χ0) is 21.7. The number of aryl methyl sites for hydroxylation is 2. The largest absolute Gasteiger partial charge is 0.306 e. The predicted molar refractivity (Wildman–Crippen MR) is 113 cm³/mol. The molecule has 0 bridgehead atoms. The molecular weight excluding hydrogens is 399 g/mol. The molecule has 5 rings (SSSR count). The van der Waals surface area contributed by atoms with Crippen molar-refractivity contribution >= 4 is 23.1 Å². The van der Waals surface area contributed by atoms with E-state index < -0.39 is 5.82 Å². The SMILES string of the molecule is Cc1cn2nc(-c3cc(F)c4nc(NC(=O)[C@@H]5CCCN(C)C5)nn4c3)cc(C)c2n1. The summed E-state index contributed by atoms with van der Waals surface area (Å²) in [6.07, 6.45) is 5.28. The molecule has 0 aliphatic carbocycles. The summed E-state index contributed by atoms with van der Waals surface area (Å²) in [6, 6.07) is 3.24. The number of halogens is 1. The van der Waals surface area contributed by atoms with Gasteiger partial charge in [0, 0.05) is 18.3 Å². The monoisotopic (exact) mass is 422 g/mol. The highest BCUT2D eigenvalue weighted by molar-refractivity contribution is 5.91. The van der Waals surface area contributed by atoms with Crippen molar-refractivity contribution < 1.29 is 9.18 Å². The Labute approximate surface area is 177 Å². The lowest BCUT2D eigenvalue weighted by molar-refractivity contribution is -0.121. The Kier molecular flexibility index (Phi) is 4.66. The van der Waals surface area contributed by atoms with Crippen molar-refractivity contribution in [3.8, 4) is 11.3 Å². The summed E-state index contributed by atoms with van der Waals surface area (Å²) in [6.45, 7) is 5.52. The molecule has 31 heavy (non-hydrogen) atoms. The van der Waals surface area contributed by atoms with E-state index in [0.29, 0.717) is 17.8 Å². The van der Waals surface area contributed by atoms with Crippen LogP contribution in [0.15, 0.2) is 24.5 Å². The van der Waals surface area contributed by atoms with Crippen molar-refractivity contribution in [1.82, 2.24) is 34.1 Å². The van der Waals surface area contributed by atoms with E-state index >= 15 is 0 Å². The van der Waals surface area contributed by atoms with Crippen LogP contribution in [-0.2, 0) is 4.79 Å². The van der Waals surface area contributed by atoms with Crippen LogP contribution >= 0.6 is 0 Å². The second kappa shape index (κ2) is 7.38. The zero-order valence-corrected chi connectivity index (χ0v) is 17.6. The maximum atomic E-state index is 14.8. The minimum atomic E-state index is -0.538. The normalized spacial score (nSPS) is 17.5. The lowest BCUT2D eigenvalue weighted by Crippen LogP contribution is -2.38. The number of aromatic nitrogens is 6. The number of piperidine rings is 1. The number of nitrogens with one attached hydrogen (secondary N) is 1. The first-order valence-corrected chi connectivity index (χ1v) is 10.3. The number of imidazole rings is 1. The molecule has 0 radical (unpaired) electrons. The molecule has 1 amide bonds. The van der Waals surface area contributed by atoms with Crippen LogP contribution in [0.1, 0.15) is 24.1 Å². The highest BCUT2D eigenvalue weighted by atomic mass is 19.1. The van der Waals surface area contributed by atoms with Gasteiger partial charge in [-0.3, -0.25) is 10.1 Å². The van der Waals surface area contributed by atoms with Gasteiger partial charge in [0.2, 0.25) is 11.9 Å². The summed E-state index contributed by atoms with van der Waals surface area (Å²) in [5.41, 5.74) is 3.75. The number of rotatable bonds is 3. The molecule has 0 unspecified atom stereocenters. The molecule has 0 aromatic carbocycles. The van der Waals surface area contributed by atoms with Crippen molar-refractivity contribution in [2.24, 2.45) is 5.92 Å². The molecule has 9 nitrogen and oxygen atoms in total. The first kappa shape index (κ1) is 19.6. The first-order valence-electron chi connectivity index (χ1n) is 10.3. The van der Waals surface area contributed by atoms with Crippen LogP contribution in [0.4, 0.5) is 10.3 Å². The summed E-state index contributed by atoms with van der Waals surface area (Å²) >= 11 is 0. The van der Waals surface area contributed by atoms with Crippen LogP contribution in [-0.4, -0.2) is 60.1 Å². The van der Waals surface area contributed by atoms with Gasteiger partial charge in [-0.2, -0.15) is 10.1 Å². The van der Waals surface area contributed by atoms with Gasteiger partial charge < -0.3 is 4.90 Å². The van der Waals surface area contributed by atoms with Gasteiger partial charge in [-0.15, -0.1) is 5.10 Å². The number of anilines is 1. The Morgan fingerprint density at radius 2 is 1.94 bits per heavy atom. The van der Waals surface area contributed by atoms with Gasteiger partial charge in [0.25, 0.3) is 0 Å². The maximum Gasteiger partial charge on any atom is 0.249 e. The number of pyridine rings is 1. The van der Waals surface area contributed by atoms with Gasteiger partial charge in [0.15, 0.2) is 17.1 Å². The van der Waals surface area contributed by atoms with Gasteiger partial charge in [0.05, 0.1) is 23.5 Å². The minimum absolute atomic E-state index is 0.0519. The number of nitrogens with zero attached hydrogens (tertiary/aromatic N) is 7. The fourth-order valence-corrected chi connectivity index (χ4v) is 4.12. The second-order valence-corrected chi connectivity index (χ2v) is 8.23. The molecule has 160 valence electrons. The molecule has 1 fully saturated rings. The molecule has 0 spiro atoms. The quantitative estimate of drug-likeness (QED) is 0.545. The first-order chi connectivity index (χ1) is 14.9. The average molecular weight is 422 g/mol. The van der Waals surface area contributed by atoms with E-state index in [4.69, 9.17) is 0 Å². The van der Waals surface area contributed by atoms with E-state index in [1.54, 1.807) is 10.7 Å². The molecule has 0 saturated carbocycles. The number of amides is 1. The van der Waals surface area contributed by atoms with Crippen molar-refractivity contribution in [2.45, 2.75) is 26.7 Å². The molecule has 1 aliphatic heterocycles. The van der Waals surface area contributed by atoms with Gasteiger partial charge in [-0.25, -0.2) is 18.4 Å². The van der Waals surface area contributed by atoms with Gasteiger partial charge in [0.1, 0.15) is 0 Å². The Morgan fingerprint density at radius 1 is 1.13 bits per heavy atom. The summed E-state index contributed by atoms with van der Waals surface area (Å²) in [7, 11) is 2.00. The highest BCUT2D eigenvalue weighted by Crippen LogP contribution is 2.23. The number of fused-ring (bicyclic) bond motifs is 2. The third kappa shape index (κ3) is 3.63. The van der Waals surface area contributed by atoms with Crippen LogP contribution in [0.3, 0.4) is 0 Å². The molecule has 1 aliphatic rings. The van der Waals surface area contributed by atoms with Crippen LogP contribution in [0.2, 0.25) is 0 Å². The van der Waals surface area contributed by atoms with E-state index in [9.17, 15) is 9.18 Å². The second-order valence-electron chi connectivity index (χ2n) is 8.23. The van der Waals surface area contributed by atoms with E-state index in [0.717, 1.165) is 36.3 Å². The summed E-state index contributed by atoms with van der Waals surface area (Å²) in [5, 5.41) is 11.6. The maximum absolute atomic E-state index is 14.8. The Hall–Kier alpha value is -3.40. The Balaban J connectivity index is 1.46. The third-order valence-corrected chi connectivity index (χ3v) is 5.64. The number of likely N-dealkylation sites (tertiary alicyclic amines) is 1. The Morgan fingerprint density at radius 3 is 2.74 bits per heavy atom. The average Bonchev–Trinajstić information content (AvgIpc) is 3.30. The molecule has 1 atom stereocenters. The Bertz CT molecular complexity index is 1310. The number of hydrogen-bond donors (Lipinski definition) is 1. The number of carbonyl (C=O) groups is 1. The lowest BCUT2D eigenvalue weighted by Gasteiger charge is -2.28. The molecular formula is C21H23FN8O. The summed E-state index contributed by atoms with van der Waals surface area (Å²) in [4.78, 5) is 23.3. The minimum Gasteiger partial charge on any atom is -0.306 e. The van der Waals surface area contributed by atoms with Gasteiger partial charge in [-0.05, 0) is 58.0 Å². The molecule has 1 saturated heterocycles. The lowest BCUT2D eigenvalue weighted by atomic mass is 9.98. The van der Waals surface area contributed by atoms with Crippen molar-refractivity contribution in [2.75, 3.05) is 25.5 Å². The van der Waals surface area contributed by atoms with E-state index in [1.165, 1.54) is 10.6 Å². The van der Waals surface area contributed by atoms with Crippen molar-refractivity contribution in [3.05, 3.63) is 41.6 Å². The standard InChI is InChI=1S/C21H23FN8O/c1-12-7-17(26-29-9-13(2)23-18(12)29)15-8-16(22)19-24-21(27-30(19)11-15)25-20(31)14-5-4-6-28(3)10-14/h7-9,11,14H,4-6,10H2,1-3H3,(H,25,27,31)/t14-/m1/s1. The van der Waals surface area contributed by atoms with E-state index in [-0.39, 0.29) is 23.4 Å². The van der Waals surface area contributed by atoms with Crippen LogP contribution in [0, 0.1) is 25.6 Å². The van der Waals surface area contributed by atoms with Crippen LogP contribution < -0.4 is 5.32 Å². The van der Waals surface area contributed by atoms with Crippen molar-refractivity contribution in [1.29, 1.82) is 0 Å². The predicted octanol–water partition coefficient (Wildman–Crippen LogP) is 2.48. The summed E-state index contributed by atoms with van der Waals surface area (Å²) in [5.74, 6) is -0.701. The molecule has 10 heteroatoms. The number of carbonyl (C=O) groups excluding carboxylic acids is 1. The van der Waals surface area contributed by atoms with E-state index in [2.05, 4.69) is 30.4 Å². The fraction of sp³-hybridized carbons (Fsp3) is 0.381. The van der Waals surface area contributed by atoms with E-state index in [1.807, 2.05) is 33.2 Å². The fourth-order valence-electron chi connectivity index (χ4n) is 4.12. The topological polar surface area (TPSA) is 92.7 Å². The van der Waals surface area contributed by atoms with Gasteiger partial charge >= 0.3 is 0 Å². The molecule has 1 N–H and O–H groups in total. The highest BCUT2D eigenvalue weighted by Gasteiger charge is 2.25. The number of hydrogen-bond acceptors (Lipinski definition) is 6. The van der Waals surface area contributed by atoms with Crippen molar-refractivity contribution in [3.63, 3.8) is 0 Å².